The Morgan fingerprint density at radius 1 is 1.64 bits per heavy atom. The maximum absolute atomic E-state index is 5.36. The predicted molar refractivity (Wildman–Crippen MR) is 40.1 cm³/mol. The lowest BCUT2D eigenvalue weighted by Gasteiger charge is -1.86. The molecule has 0 aliphatic carbocycles. The highest BCUT2D eigenvalue weighted by Crippen LogP contribution is 1.97. The number of nitrogens with zero attached hydrogens (tertiary/aromatic N) is 3. The fourth-order valence-corrected chi connectivity index (χ4v) is 1.00. The van der Waals surface area contributed by atoms with Gasteiger partial charge in [-0.3, -0.25) is 5.10 Å². The smallest absolute Gasteiger partial charge is 0.175 e. The summed E-state index contributed by atoms with van der Waals surface area (Å²) in [4.78, 5) is 4.23. The molecular weight excluding hydrogens is 142 g/mol. The van der Waals surface area contributed by atoms with Crippen LogP contribution in [0.3, 0.4) is 0 Å². The molecule has 0 fully saturated rings. The topological polar surface area (TPSA) is 72.0 Å². The van der Waals surface area contributed by atoms with Crippen LogP contribution in [0.25, 0.3) is 5.65 Å². The second-order valence-corrected chi connectivity index (χ2v) is 2.31. The molecule has 2 heterocycles. The minimum absolute atomic E-state index is 0.608. The fourth-order valence-electron chi connectivity index (χ4n) is 1.00. The highest BCUT2D eigenvalue weighted by atomic mass is 15.4. The molecule has 2 rings (SSSR count). The van der Waals surface area contributed by atoms with E-state index in [0.29, 0.717) is 6.54 Å². The summed E-state index contributed by atoms with van der Waals surface area (Å²) in [6.07, 6.45) is 2.47. The Morgan fingerprint density at radius 3 is 3.27 bits per heavy atom. The van der Waals surface area contributed by atoms with Crippen LogP contribution >= 0.6 is 0 Å². The van der Waals surface area contributed by atoms with Crippen molar-refractivity contribution in [2.75, 3.05) is 6.54 Å². The highest BCUT2D eigenvalue weighted by molar-refractivity contribution is 5.34. The molecule has 5 nitrogen and oxygen atoms in total. The van der Waals surface area contributed by atoms with Crippen molar-refractivity contribution in [3.8, 4) is 0 Å². The van der Waals surface area contributed by atoms with Crippen LogP contribution in [0.4, 0.5) is 0 Å². The maximum atomic E-state index is 5.36. The summed E-state index contributed by atoms with van der Waals surface area (Å²) in [5, 5.41) is 6.97. The minimum atomic E-state index is 0.608. The monoisotopic (exact) mass is 151 g/mol. The lowest BCUT2D eigenvalue weighted by Crippen LogP contribution is -2.04. The third-order valence-electron chi connectivity index (χ3n) is 1.49. The number of nitrogens with two attached hydrogens (primary N) is 1. The van der Waals surface area contributed by atoms with E-state index in [-0.39, 0.29) is 0 Å². The van der Waals surface area contributed by atoms with Crippen molar-refractivity contribution in [3.63, 3.8) is 0 Å². The molecule has 2 aromatic rings. The van der Waals surface area contributed by atoms with Gasteiger partial charge in [-0.1, -0.05) is 0 Å². The van der Waals surface area contributed by atoms with Crippen LogP contribution in [0.15, 0.2) is 12.3 Å². The Morgan fingerprint density at radius 2 is 2.55 bits per heavy atom. The van der Waals surface area contributed by atoms with Gasteiger partial charge >= 0.3 is 0 Å². The molecule has 0 aliphatic rings. The lowest BCUT2D eigenvalue weighted by molar-refractivity contribution is 0.775. The average molecular weight is 151 g/mol. The van der Waals surface area contributed by atoms with Gasteiger partial charge in [0.25, 0.3) is 0 Å². The van der Waals surface area contributed by atoms with Crippen LogP contribution in [-0.4, -0.2) is 26.4 Å². The first-order chi connectivity index (χ1) is 5.40. The number of aromatic nitrogens is 4. The third-order valence-corrected chi connectivity index (χ3v) is 1.49. The summed E-state index contributed by atoms with van der Waals surface area (Å²) in [7, 11) is 0. The molecule has 11 heavy (non-hydrogen) atoms. The van der Waals surface area contributed by atoms with Gasteiger partial charge in [-0.05, 0) is 6.54 Å². The fraction of sp³-hybridized carbons (Fsp3) is 0.333. The molecule has 3 N–H and O–H groups in total. The molecule has 2 aromatic heterocycles. The van der Waals surface area contributed by atoms with E-state index < -0.39 is 0 Å². The SMILES string of the molecule is NCCc1nc2ccnn2[nH]1. The van der Waals surface area contributed by atoms with Crippen LogP contribution in [-0.2, 0) is 6.42 Å². The second kappa shape index (κ2) is 2.35. The van der Waals surface area contributed by atoms with Gasteiger partial charge in [-0.25, -0.2) is 4.98 Å². The van der Waals surface area contributed by atoms with Crippen molar-refractivity contribution < 1.29 is 0 Å². The molecule has 0 bridgehead atoms. The summed E-state index contributed by atoms with van der Waals surface area (Å²) in [5.41, 5.74) is 6.20. The van der Waals surface area contributed by atoms with Gasteiger partial charge in [0.15, 0.2) is 5.65 Å². The Labute approximate surface area is 63.2 Å². The summed E-state index contributed by atoms with van der Waals surface area (Å²) in [5.74, 6) is 0.885. The first-order valence-electron chi connectivity index (χ1n) is 3.49. The number of rotatable bonds is 2. The van der Waals surface area contributed by atoms with Gasteiger partial charge in [0.1, 0.15) is 5.82 Å². The summed E-state index contributed by atoms with van der Waals surface area (Å²) < 4.78 is 1.63. The van der Waals surface area contributed by atoms with Crippen molar-refractivity contribution >= 4 is 5.65 Å². The van der Waals surface area contributed by atoms with E-state index >= 15 is 0 Å². The third kappa shape index (κ3) is 0.988. The van der Waals surface area contributed by atoms with Gasteiger partial charge in [0.05, 0.1) is 6.20 Å². The molecular formula is C6H9N5. The molecule has 0 atom stereocenters. The van der Waals surface area contributed by atoms with E-state index in [2.05, 4.69) is 15.2 Å². The van der Waals surface area contributed by atoms with E-state index in [4.69, 9.17) is 5.73 Å². The molecule has 0 aromatic carbocycles. The number of hydrogen-bond acceptors (Lipinski definition) is 3. The number of nitrogens with one attached hydrogen (secondary N) is 1. The van der Waals surface area contributed by atoms with Gasteiger partial charge in [-0.2, -0.15) is 9.73 Å². The van der Waals surface area contributed by atoms with E-state index in [9.17, 15) is 0 Å². The van der Waals surface area contributed by atoms with Crippen LogP contribution in [0.5, 0.6) is 0 Å². The Kier molecular flexibility index (Phi) is 1.36. The van der Waals surface area contributed by atoms with Crippen molar-refractivity contribution in [2.24, 2.45) is 5.73 Å². The molecule has 0 radical (unpaired) electrons. The molecule has 0 amide bonds. The predicted octanol–water partition coefficient (Wildman–Crippen LogP) is -0.441. The zero-order valence-corrected chi connectivity index (χ0v) is 5.99. The molecule has 0 saturated carbocycles. The van der Waals surface area contributed by atoms with Crippen LogP contribution in [0, 0.1) is 0 Å². The standard InChI is InChI=1S/C6H9N5/c7-3-1-5-9-6-2-4-8-11(6)10-5/h2,4H,1,3,7H2,(H,9,10). The minimum Gasteiger partial charge on any atom is -0.330 e. The normalized spacial score (nSPS) is 11.0. The Balaban J connectivity index is 2.42. The first-order valence-corrected chi connectivity index (χ1v) is 3.49. The van der Waals surface area contributed by atoms with Gasteiger partial charge in [-0.15, -0.1) is 0 Å². The quantitative estimate of drug-likeness (QED) is 0.611. The van der Waals surface area contributed by atoms with Gasteiger partial charge in [0, 0.05) is 12.5 Å². The second-order valence-electron chi connectivity index (χ2n) is 2.31. The van der Waals surface area contributed by atoms with Crippen molar-refractivity contribution in [1.82, 2.24) is 19.8 Å². The number of fused-ring (bicyclic) bond motifs is 1. The molecule has 5 heteroatoms. The first kappa shape index (κ1) is 6.36. The highest BCUT2D eigenvalue weighted by Gasteiger charge is 1.99. The maximum Gasteiger partial charge on any atom is 0.175 e. The molecule has 58 valence electrons. The number of hydrogen-bond donors (Lipinski definition) is 2. The molecule has 0 spiro atoms. The lowest BCUT2D eigenvalue weighted by atomic mass is 10.4. The summed E-state index contributed by atoms with van der Waals surface area (Å²) >= 11 is 0. The van der Waals surface area contributed by atoms with Crippen molar-refractivity contribution in [1.29, 1.82) is 0 Å². The largest absolute Gasteiger partial charge is 0.330 e. The summed E-state index contributed by atoms with van der Waals surface area (Å²) in [6.45, 7) is 0.608. The molecule has 0 aliphatic heterocycles. The zero-order chi connectivity index (χ0) is 7.68. The van der Waals surface area contributed by atoms with Crippen molar-refractivity contribution in [2.45, 2.75) is 6.42 Å². The molecule has 0 unspecified atom stereocenters. The van der Waals surface area contributed by atoms with Gasteiger partial charge < -0.3 is 5.73 Å². The molecule has 0 saturated heterocycles. The van der Waals surface area contributed by atoms with E-state index in [1.807, 2.05) is 6.07 Å². The van der Waals surface area contributed by atoms with Crippen LogP contribution in [0.2, 0.25) is 0 Å². The average Bonchev–Trinajstić information content (AvgIpc) is 2.46. The zero-order valence-electron chi connectivity index (χ0n) is 5.99. The summed E-state index contributed by atoms with van der Waals surface area (Å²) in [6, 6.07) is 1.84. The van der Waals surface area contributed by atoms with Gasteiger partial charge in [0.2, 0.25) is 0 Å². The Bertz CT molecular complexity index is 318. The van der Waals surface area contributed by atoms with E-state index in [1.54, 1.807) is 10.8 Å². The van der Waals surface area contributed by atoms with E-state index in [1.165, 1.54) is 0 Å². The van der Waals surface area contributed by atoms with Crippen LogP contribution in [0.1, 0.15) is 5.82 Å². The van der Waals surface area contributed by atoms with E-state index in [0.717, 1.165) is 17.9 Å². The Hall–Kier alpha value is -1.36. The number of aromatic amines is 1. The van der Waals surface area contributed by atoms with Crippen LogP contribution < -0.4 is 5.73 Å². The van der Waals surface area contributed by atoms with Crippen molar-refractivity contribution in [3.05, 3.63) is 18.1 Å². The number of H-pyrrole nitrogens is 1.